The van der Waals surface area contributed by atoms with Crippen LogP contribution in [0.5, 0.6) is 0 Å². The number of carbonyl (C=O) groups excluding carboxylic acids is 2. The minimum absolute atomic E-state index is 0.379. The van der Waals surface area contributed by atoms with Crippen LogP contribution in [0.4, 0.5) is 0 Å². The maximum atomic E-state index is 10.4. The summed E-state index contributed by atoms with van der Waals surface area (Å²) in [4.78, 5) is 20.6. The second-order valence-electron chi connectivity index (χ2n) is 5.64. The maximum absolute atomic E-state index is 10.4. The molecule has 2 unspecified atom stereocenters. The van der Waals surface area contributed by atoms with Crippen molar-refractivity contribution in [2.75, 3.05) is 0 Å². The van der Waals surface area contributed by atoms with Crippen molar-refractivity contribution in [1.82, 2.24) is 5.32 Å². The number of allylic oxidation sites excluding steroid dienone is 1. The Kier molecular flexibility index (Phi) is 6.69. The molecule has 0 heterocycles. The number of carbonyl (C=O) groups is 2. The molecule has 3 nitrogen and oxygen atoms in total. The van der Waals surface area contributed by atoms with Crippen LogP contribution in [-0.2, 0) is 9.59 Å². The fraction of sp³-hybridized carbons (Fsp3) is 0.733. The molecule has 1 amide bonds. The summed E-state index contributed by atoms with van der Waals surface area (Å²) in [5, 5.41) is 2.79. The van der Waals surface area contributed by atoms with E-state index in [-0.39, 0.29) is 0 Å². The number of nitrogens with one attached hydrogen (secondary N) is 1. The van der Waals surface area contributed by atoms with E-state index in [9.17, 15) is 9.59 Å². The summed E-state index contributed by atoms with van der Waals surface area (Å²) in [6, 6.07) is 0.379. The fourth-order valence-electron chi connectivity index (χ4n) is 2.42. The van der Waals surface area contributed by atoms with Gasteiger partial charge in [-0.05, 0) is 43.4 Å². The molecule has 4 atom stereocenters. The highest BCUT2D eigenvalue weighted by atomic mass is 16.1. The zero-order chi connectivity index (χ0) is 13.4. The molecular formula is C15H25NO2. The molecule has 0 aliphatic heterocycles. The Bertz CT molecular complexity index is 288. The van der Waals surface area contributed by atoms with Gasteiger partial charge in [-0.1, -0.05) is 26.0 Å². The van der Waals surface area contributed by atoms with E-state index in [0.717, 1.165) is 32.0 Å². The third kappa shape index (κ3) is 5.99. The van der Waals surface area contributed by atoms with Crippen LogP contribution >= 0.6 is 0 Å². The molecule has 1 fully saturated rings. The summed E-state index contributed by atoms with van der Waals surface area (Å²) in [7, 11) is 0. The number of hydrogen-bond acceptors (Lipinski definition) is 2. The lowest BCUT2D eigenvalue weighted by molar-refractivity contribution is -0.110. The van der Waals surface area contributed by atoms with E-state index in [1.807, 2.05) is 0 Å². The first-order valence-electron chi connectivity index (χ1n) is 6.97. The highest BCUT2D eigenvalue weighted by molar-refractivity contribution is 5.49. The Morgan fingerprint density at radius 3 is 2.72 bits per heavy atom. The third-order valence-corrected chi connectivity index (χ3v) is 3.63. The lowest BCUT2D eigenvalue weighted by Crippen LogP contribution is -2.14. The summed E-state index contributed by atoms with van der Waals surface area (Å²) in [5.74, 6) is 1.73. The molecule has 0 aromatic heterocycles. The van der Waals surface area contributed by atoms with E-state index in [2.05, 4.69) is 31.3 Å². The standard InChI is InChI=1S/C15H25NO2/c1-12(9-13(2)7-8-17)5-3-4-6-14-10-15(14)16-11-18/h4,6,8,11-15H,3,5,7,9-10H2,1-2H3,(H,16,18)/b6-4-/t12-,13?,14-,15?/m1/s1. The van der Waals surface area contributed by atoms with Crippen LogP contribution in [0.25, 0.3) is 0 Å². The van der Waals surface area contributed by atoms with Crippen molar-refractivity contribution in [2.24, 2.45) is 17.8 Å². The summed E-state index contributed by atoms with van der Waals surface area (Å²) < 4.78 is 0. The summed E-state index contributed by atoms with van der Waals surface area (Å²) in [5.41, 5.74) is 0. The monoisotopic (exact) mass is 251 g/mol. The van der Waals surface area contributed by atoms with Crippen molar-refractivity contribution in [3.63, 3.8) is 0 Å². The van der Waals surface area contributed by atoms with E-state index >= 15 is 0 Å². The van der Waals surface area contributed by atoms with Gasteiger partial charge in [-0.3, -0.25) is 4.79 Å². The van der Waals surface area contributed by atoms with Gasteiger partial charge in [0.25, 0.3) is 0 Å². The van der Waals surface area contributed by atoms with Gasteiger partial charge < -0.3 is 10.1 Å². The molecule has 0 bridgehead atoms. The van der Waals surface area contributed by atoms with Gasteiger partial charge in [0, 0.05) is 12.5 Å². The molecule has 3 heteroatoms. The molecule has 0 aromatic carbocycles. The van der Waals surface area contributed by atoms with Gasteiger partial charge in [0.2, 0.25) is 6.41 Å². The minimum Gasteiger partial charge on any atom is -0.355 e. The Balaban J connectivity index is 2.05. The third-order valence-electron chi connectivity index (χ3n) is 3.63. The predicted molar refractivity (Wildman–Crippen MR) is 73.1 cm³/mol. The number of aldehydes is 1. The van der Waals surface area contributed by atoms with Crippen molar-refractivity contribution >= 4 is 12.7 Å². The van der Waals surface area contributed by atoms with Gasteiger partial charge in [-0.25, -0.2) is 0 Å². The molecule has 1 N–H and O–H groups in total. The molecule has 102 valence electrons. The van der Waals surface area contributed by atoms with Crippen molar-refractivity contribution in [3.8, 4) is 0 Å². The Morgan fingerprint density at radius 2 is 2.06 bits per heavy atom. The van der Waals surface area contributed by atoms with Gasteiger partial charge in [-0.15, -0.1) is 0 Å². The number of rotatable bonds is 10. The lowest BCUT2D eigenvalue weighted by atomic mass is 9.92. The van der Waals surface area contributed by atoms with Crippen LogP contribution in [0.1, 0.15) is 46.0 Å². The van der Waals surface area contributed by atoms with E-state index in [1.165, 1.54) is 6.42 Å². The first kappa shape index (κ1) is 14.9. The van der Waals surface area contributed by atoms with E-state index < -0.39 is 0 Å². The molecule has 1 saturated carbocycles. The average molecular weight is 251 g/mol. The van der Waals surface area contributed by atoms with Crippen molar-refractivity contribution in [1.29, 1.82) is 0 Å². The Labute approximate surface area is 110 Å². The summed E-state index contributed by atoms with van der Waals surface area (Å²) in [6.07, 6.45) is 11.4. The topological polar surface area (TPSA) is 46.2 Å². The molecular weight excluding hydrogens is 226 g/mol. The second-order valence-corrected chi connectivity index (χ2v) is 5.64. The average Bonchev–Trinajstić information content (AvgIpc) is 3.04. The largest absolute Gasteiger partial charge is 0.355 e. The summed E-state index contributed by atoms with van der Waals surface area (Å²) >= 11 is 0. The van der Waals surface area contributed by atoms with Crippen molar-refractivity contribution in [3.05, 3.63) is 12.2 Å². The highest BCUT2D eigenvalue weighted by Crippen LogP contribution is 2.31. The number of amides is 1. The smallest absolute Gasteiger partial charge is 0.207 e. The van der Waals surface area contributed by atoms with Crippen molar-refractivity contribution < 1.29 is 9.59 Å². The molecule has 18 heavy (non-hydrogen) atoms. The van der Waals surface area contributed by atoms with E-state index in [4.69, 9.17) is 0 Å². The second kappa shape index (κ2) is 8.06. The highest BCUT2D eigenvalue weighted by Gasteiger charge is 2.33. The van der Waals surface area contributed by atoms with Gasteiger partial charge in [0.15, 0.2) is 0 Å². The Morgan fingerprint density at radius 1 is 1.28 bits per heavy atom. The SMILES string of the molecule is CC(CC=O)C[C@H](C)CC/C=C\[C@@H]1CC1NC=O. The molecule has 1 aliphatic rings. The number of hydrogen-bond donors (Lipinski definition) is 1. The zero-order valence-corrected chi connectivity index (χ0v) is 11.5. The first-order chi connectivity index (χ1) is 8.67. The normalized spacial score (nSPS) is 25.7. The van der Waals surface area contributed by atoms with E-state index in [0.29, 0.717) is 30.2 Å². The quantitative estimate of drug-likeness (QED) is 0.479. The van der Waals surface area contributed by atoms with E-state index in [1.54, 1.807) is 0 Å². The lowest BCUT2D eigenvalue weighted by Gasteiger charge is -2.14. The van der Waals surface area contributed by atoms with Crippen LogP contribution in [0, 0.1) is 17.8 Å². The van der Waals surface area contributed by atoms with Crippen LogP contribution in [0.15, 0.2) is 12.2 Å². The van der Waals surface area contributed by atoms with Crippen LogP contribution in [-0.4, -0.2) is 18.7 Å². The molecule has 0 saturated heterocycles. The fourth-order valence-corrected chi connectivity index (χ4v) is 2.42. The van der Waals surface area contributed by atoms with Gasteiger partial charge in [0.05, 0.1) is 0 Å². The predicted octanol–water partition coefficient (Wildman–Crippen LogP) is 2.71. The molecule has 0 radical (unpaired) electrons. The van der Waals surface area contributed by atoms with Gasteiger partial charge in [-0.2, -0.15) is 0 Å². The van der Waals surface area contributed by atoms with Crippen LogP contribution < -0.4 is 5.32 Å². The minimum atomic E-state index is 0.379. The Hall–Kier alpha value is -1.12. The maximum Gasteiger partial charge on any atom is 0.207 e. The van der Waals surface area contributed by atoms with Crippen LogP contribution in [0.2, 0.25) is 0 Å². The summed E-state index contributed by atoms with van der Waals surface area (Å²) in [6.45, 7) is 4.39. The van der Waals surface area contributed by atoms with Crippen molar-refractivity contribution in [2.45, 2.75) is 52.0 Å². The van der Waals surface area contributed by atoms with Gasteiger partial charge >= 0.3 is 0 Å². The molecule has 0 aromatic rings. The molecule has 1 aliphatic carbocycles. The molecule has 0 spiro atoms. The van der Waals surface area contributed by atoms with Gasteiger partial charge in [0.1, 0.15) is 6.29 Å². The van der Waals surface area contributed by atoms with Crippen LogP contribution in [0.3, 0.4) is 0 Å². The zero-order valence-electron chi connectivity index (χ0n) is 11.5. The first-order valence-corrected chi connectivity index (χ1v) is 6.97. The molecule has 1 rings (SSSR count).